The Morgan fingerprint density at radius 1 is 1.13 bits per heavy atom. The highest BCUT2D eigenvalue weighted by molar-refractivity contribution is 6.12. The molecule has 6 nitrogen and oxygen atoms in total. The molecule has 1 aliphatic carbocycles. The van der Waals surface area contributed by atoms with E-state index >= 15 is 0 Å². The van der Waals surface area contributed by atoms with Gasteiger partial charge in [-0.2, -0.15) is 5.26 Å². The number of rotatable bonds is 2. The van der Waals surface area contributed by atoms with Crippen molar-refractivity contribution in [1.82, 2.24) is 0 Å². The van der Waals surface area contributed by atoms with Crippen molar-refractivity contribution in [2.75, 3.05) is 17.3 Å². The van der Waals surface area contributed by atoms with Crippen LogP contribution in [0.4, 0.5) is 11.4 Å². The van der Waals surface area contributed by atoms with Crippen LogP contribution in [-0.2, 0) is 10.2 Å². The Kier molecular flexibility index (Phi) is 4.07. The Bertz CT molecular complexity index is 1160. The first kappa shape index (κ1) is 18.3. The Balaban J connectivity index is 1.80. The molecular formula is C24H22N4O2. The van der Waals surface area contributed by atoms with Crippen LogP contribution in [0.3, 0.4) is 0 Å². The van der Waals surface area contributed by atoms with E-state index in [4.69, 9.17) is 10.5 Å². The van der Waals surface area contributed by atoms with E-state index in [0.29, 0.717) is 11.4 Å². The number of anilines is 2. The minimum Gasteiger partial charge on any atom is -0.497 e. The van der Waals surface area contributed by atoms with Crippen molar-refractivity contribution >= 4 is 17.3 Å². The number of nitrogens with two attached hydrogens (primary N) is 1. The molecule has 6 heteroatoms. The first-order valence-electron chi connectivity index (χ1n) is 10.1. The number of hydrogen-bond donors (Lipinski definition) is 2. The molecule has 5 rings (SSSR count). The summed E-state index contributed by atoms with van der Waals surface area (Å²) in [4.78, 5) is 15.4. The van der Waals surface area contributed by atoms with Gasteiger partial charge in [0.2, 0.25) is 5.91 Å². The van der Waals surface area contributed by atoms with Crippen molar-refractivity contribution in [3.8, 4) is 11.8 Å². The minimum absolute atomic E-state index is 0.188. The van der Waals surface area contributed by atoms with Crippen molar-refractivity contribution in [2.24, 2.45) is 5.73 Å². The Labute approximate surface area is 175 Å². The van der Waals surface area contributed by atoms with E-state index in [1.165, 1.54) is 0 Å². The average molecular weight is 398 g/mol. The fraction of sp³-hybridized carbons (Fsp3) is 0.250. The van der Waals surface area contributed by atoms with Crippen molar-refractivity contribution in [2.45, 2.75) is 31.1 Å². The van der Waals surface area contributed by atoms with Crippen LogP contribution in [0.2, 0.25) is 0 Å². The quantitative estimate of drug-likeness (QED) is 0.800. The second-order valence-corrected chi connectivity index (χ2v) is 7.79. The van der Waals surface area contributed by atoms with Crippen molar-refractivity contribution in [1.29, 1.82) is 5.26 Å². The summed E-state index contributed by atoms with van der Waals surface area (Å²) in [5.74, 6) is 0.874. The molecule has 0 saturated carbocycles. The number of carbonyl (C=O) groups is 1. The molecule has 0 aromatic heterocycles. The number of hydrogen-bond acceptors (Lipinski definition) is 5. The van der Waals surface area contributed by atoms with Crippen LogP contribution in [-0.4, -0.2) is 13.0 Å². The molecule has 2 aromatic carbocycles. The molecule has 2 aromatic rings. The smallest absolute Gasteiger partial charge is 0.244 e. The van der Waals surface area contributed by atoms with Crippen molar-refractivity contribution < 1.29 is 9.53 Å². The highest BCUT2D eigenvalue weighted by Crippen LogP contribution is 2.55. The molecule has 150 valence electrons. The van der Waals surface area contributed by atoms with Gasteiger partial charge < -0.3 is 15.8 Å². The summed E-state index contributed by atoms with van der Waals surface area (Å²) < 4.78 is 5.28. The van der Waals surface area contributed by atoms with Crippen LogP contribution < -0.4 is 20.7 Å². The predicted molar refractivity (Wildman–Crippen MR) is 115 cm³/mol. The van der Waals surface area contributed by atoms with Crippen LogP contribution in [0.5, 0.6) is 5.75 Å². The van der Waals surface area contributed by atoms with Crippen LogP contribution in [0.15, 0.2) is 71.2 Å². The SMILES string of the molecule is COc1ccc(N2C(N)=C(C#N)C3(C(=O)Nc4ccccc43)C3=C2CCCC3)cc1. The van der Waals surface area contributed by atoms with Gasteiger partial charge >= 0.3 is 0 Å². The highest BCUT2D eigenvalue weighted by Gasteiger charge is 2.57. The van der Waals surface area contributed by atoms with Gasteiger partial charge in [0.25, 0.3) is 0 Å². The predicted octanol–water partition coefficient (Wildman–Crippen LogP) is 3.93. The maximum atomic E-state index is 13.5. The Hall–Kier alpha value is -3.72. The van der Waals surface area contributed by atoms with Crippen LogP contribution in [0, 0.1) is 11.3 Å². The molecule has 3 aliphatic rings. The third-order valence-electron chi connectivity index (χ3n) is 6.40. The second kappa shape index (κ2) is 6.67. The lowest BCUT2D eigenvalue weighted by molar-refractivity contribution is -0.118. The van der Waals surface area contributed by atoms with E-state index in [2.05, 4.69) is 11.4 Å². The topological polar surface area (TPSA) is 91.4 Å². The highest BCUT2D eigenvalue weighted by atomic mass is 16.5. The minimum atomic E-state index is -1.14. The lowest BCUT2D eigenvalue weighted by Gasteiger charge is -2.44. The molecule has 1 unspecified atom stereocenters. The first-order chi connectivity index (χ1) is 14.6. The molecule has 1 spiro atoms. The normalized spacial score (nSPS) is 22.5. The number of nitrogens with one attached hydrogen (secondary N) is 1. The molecule has 30 heavy (non-hydrogen) atoms. The van der Waals surface area contributed by atoms with Gasteiger partial charge in [0.05, 0.1) is 12.7 Å². The Morgan fingerprint density at radius 2 is 1.87 bits per heavy atom. The number of ether oxygens (including phenoxy) is 1. The maximum Gasteiger partial charge on any atom is 0.244 e. The first-order valence-corrected chi connectivity index (χ1v) is 10.1. The van der Waals surface area contributed by atoms with Crippen LogP contribution in [0.1, 0.15) is 31.2 Å². The largest absolute Gasteiger partial charge is 0.497 e. The fourth-order valence-electron chi connectivity index (χ4n) is 5.11. The van der Waals surface area contributed by atoms with E-state index in [1.54, 1.807) is 7.11 Å². The van der Waals surface area contributed by atoms with Gasteiger partial charge in [0.15, 0.2) is 0 Å². The van der Waals surface area contributed by atoms with Crippen molar-refractivity contribution in [3.05, 3.63) is 76.8 Å². The van der Waals surface area contributed by atoms with Gasteiger partial charge in [0, 0.05) is 22.6 Å². The molecule has 1 amide bonds. The molecule has 1 atom stereocenters. The zero-order chi connectivity index (χ0) is 20.9. The number of allylic oxidation sites excluding steroid dienone is 1. The van der Waals surface area contributed by atoms with E-state index < -0.39 is 5.41 Å². The Morgan fingerprint density at radius 3 is 2.60 bits per heavy atom. The fourth-order valence-corrected chi connectivity index (χ4v) is 5.11. The molecule has 3 N–H and O–H groups in total. The number of benzene rings is 2. The molecule has 0 bridgehead atoms. The van der Waals surface area contributed by atoms with Gasteiger partial charge in [-0.05, 0) is 61.6 Å². The lowest BCUT2D eigenvalue weighted by atomic mass is 9.64. The second-order valence-electron chi connectivity index (χ2n) is 7.79. The third-order valence-corrected chi connectivity index (χ3v) is 6.40. The maximum absolute atomic E-state index is 13.5. The average Bonchev–Trinajstić information content (AvgIpc) is 3.07. The molecule has 2 heterocycles. The van der Waals surface area contributed by atoms with E-state index in [1.807, 2.05) is 53.4 Å². The van der Waals surface area contributed by atoms with Crippen LogP contribution in [0.25, 0.3) is 0 Å². The third kappa shape index (κ3) is 2.26. The number of nitrogens with zero attached hydrogens (tertiary/aromatic N) is 2. The standard InChI is InChI=1S/C24H22N4O2/c1-30-16-12-10-15(11-13-16)28-21-9-5-3-7-18(21)24(19(14-25)22(28)26)17-6-2-4-8-20(17)27-23(24)29/h2,4,6,8,10-13H,3,5,7,9,26H2,1H3,(H,27,29). The monoisotopic (exact) mass is 398 g/mol. The van der Waals surface area contributed by atoms with E-state index in [9.17, 15) is 10.1 Å². The summed E-state index contributed by atoms with van der Waals surface area (Å²) in [5, 5.41) is 13.2. The number of nitriles is 1. The summed E-state index contributed by atoms with van der Waals surface area (Å²) >= 11 is 0. The zero-order valence-corrected chi connectivity index (χ0v) is 16.7. The molecule has 0 fully saturated rings. The van der Waals surface area contributed by atoms with Crippen molar-refractivity contribution in [3.63, 3.8) is 0 Å². The zero-order valence-electron chi connectivity index (χ0n) is 16.7. The number of carbonyl (C=O) groups excluding carboxylic acids is 1. The molecule has 0 radical (unpaired) electrons. The summed E-state index contributed by atoms with van der Waals surface area (Å²) in [5.41, 5.74) is 10.2. The summed E-state index contributed by atoms with van der Waals surface area (Å²) in [7, 11) is 1.62. The van der Waals surface area contributed by atoms with Gasteiger partial charge in [-0.25, -0.2) is 0 Å². The van der Waals surface area contributed by atoms with Gasteiger partial charge in [-0.1, -0.05) is 18.2 Å². The number of fused-ring (bicyclic) bond motifs is 3. The van der Waals surface area contributed by atoms with Gasteiger partial charge in [0.1, 0.15) is 23.1 Å². The van der Waals surface area contributed by atoms with E-state index in [0.717, 1.165) is 59.6 Å². The van der Waals surface area contributed by atoms with Gasteiger partial charge in [-0.3, -0.25) is 9.69 Å². The summed E-state index contributed by atoms with van der Waals surface area (Å²) in [6.07, 6.45) is 3.55. The van der Waals surface area contributed by atoms with Crippen LogP contribution >= 0.6 is 0 Å². The number of methoxy groups -OCH3 is 1. The summed E-state index contributed by atoms with van der Waals surface area (Å²) in [6.45, 7) is 0. The number of para-hydroxylation sites is 1. The van der Waals surface area contributed by atoms with Gasteiger partial charge in [-0.15, -0.1) is 0 Å². The molecule has 0 saturated heterocycles. The van der Waals surface area contributed by atoms with E-state index in [-0.39, 0.29) is 5.91 Å². The lowest BCUT2D eigenvalue weighted by Crippen LogP contribution is -2.48. The number of amides is 1. The molecule has 2 aliphatic heterocycles. The molecular weight excluding hydrogens is 376 g/mol. The summed E-state index contributed by atoms with van der Waals surface area (Å²) in [6, 6.07) is 17.5.